The fourth-order valence-corrected chi connectivity index (χ4v) is 2.57. The number of hydrogen-bond acceptors (Lipinski definition) is 2. The van der Waals surface area contributed by atoms with Crippen LogP contribution in [0.4, 0.5) is 10.1 Å². The Morgan fingerprint density at radius 3 is 2.71 bits per heavy atom. The molecule has 0 aliphatic heterocycles. The first-order valence-electron chi connectivity index (χ1n) is 7.93. The summed E-state index contributed by atoms with van der Waals surface area (Å²) >= 11 is 0. The van der Waals surface area contributed by atoms with E-state index in [-0.39, 0.29) is 24.8 Å². The number of aryl methyl sites for hydroxylation is 1. The van der Waals surface area contributed by atoms with Crippen molar-refractivity contribution in [2.75, 3.05) is 11.9 Å². The number of amides is 1. The molecule has 24 heavy (non-hydrogen) atoms. The van der Waals surface area contributed by atoms with Crippen molar-refractivity contribution in [1.82, 2.24) is 4.57 Å². The quantitative estimate of drug-likeness (QED) is 0.737. The van der Waals surface area contributed by atoms with Gasteiger partial charge >= 0.3 is 0 Å². The number of nitrogens with zero attached hydrogens (tertiary/aromatic N) is 1. The van der Waals surface area contributed by atoms with Crippen LogP contribution in [0.1, 0.15) is 13.3 Å². The minimum Gasteiger partial charge on any atom is -0.493 e. The molecular weight excluding hydrogens is 307 g/mol. The van der Waals surface area contributed by atoms with E-state index in [9.17, 15) is 9.18 Å². The highest BCUT2D eigenvalue weighted by molar-refractivity contribution is 5.94. The number of carbonyl (C=O) groups is 1. The van der Waals surface area contributed by atoms with Crippen LogP contribution in [0.25, 0.3) is 10.9 Å². The molecule has 1 N–H and O–H groups in total. The van der Waals surface area contributed by atoms with Gasteiger partial charge in [0.25, 0.3) is 0 Å². The zero-order chi connectivity index (χ0) is 16.9. The van der Waals surface area contributed by atoms with Crippen LogP contribution >= 0.6 is 0 Å². The fraction of sp³-hybridized carbons (Fsp3) is 0.211. The molecule has 0 atom stereocenters. The molecule has 0 radical (unpaired) electrons. The standard InChI is InChI=1S/C19H19FN2O2/c1-2-22-11-9-14-13-16(5-8-18(14)22)21-19(23)10-12-24-17-6-3-15(20)4-7-17/h3-9,11,13H,2,10,12H2,1H3,(H,21,23). The maximum absolute atomic E-state index is 12.8. The van der Waals surface area contributed by atoms with Crippen molar-refractivity contribution in [2.45, 2.75) is 19.9 Å². The second-order valence-electron chi connectivity index (χ2n) is 5.48. The van der Waals surface area contributed by atoms with E-state index in [4.69, 9.17) is 4.74 Å². The number of carbonyl (C=O) groups excluding carboxylic acids is 1. The first-order chi connectivity index (χ1) is 11.7. The van der Waals surface area contributed by atoms with E-state index >= 15 is 0 Å². The molecule has 0 spiro atoms. The molecule has 0 fully saturated rings. The Balaban J connectivity index is 1.53. The van der Waals surface area contributed by atoms with Gasteiger partial charge in [0.15, 0.2) is 0 Å². The first kappa shape index (κ1) is 16.1. The SMILES string of the molecule is CCn1ccc2cc(NC(=O)CCOc3ccc(F)cc3)ccc21. The second-order valence-corrected chi connectivity index (χ2v) is 5.48. The van der Waals surface area contributed by atoms with Crippen molar-refractivity contribution < 1.29 is 13.9 Å². The van der Waals surface area contributed by atoms with Gasteiger partial charge in [-0.25, -0.2) is 4.39 Å². The zero-order valence-electron chi connectivity index (χ0n) is 13.5. The third-order valence-corrected chi connectivity index (χ3v) is 3.81. The number of nitrogens with one attached hydrogen (secondary N) is 1. The number of halogens is 1. The molecule has 0 saturated carbocycles. The van der Waals surface area contributed by atoms with Crippen LogP contribution in [0.15, 0.2) is 54.7 Å². The summed E-state index contributed by atoms with van der Waals surface area (Å²) in [7, 11) is 0. The Morgan fingerprint density at radius 1 is 1.17 bits per heavy atom. The van der Waals surface area contributed by atoms with Gasteiger partial charge in [-0.15, -0.1) is 0 Å². The molecule has 0 aliphatic carbocycles. The van der Waals surface area contributed by atoms with Gasteiger partial charge in [0, 0.05) is 29.3 Å². The monoisotopic (exact) mass is 326 g/mol. The van der Waals surface area contributed by atoms with Gasteiger partial charge in [0.1, 0.15) is 11.6 Å². The number of aromatic nitrogens is 1. The maximum Gasteiger partial charge on any atom is 0.227 e. The number of anilines is 1. The van der Waals surface area contributed by atoms with Crippen LogP contribution in [0.5, 0.6) is 5.75 Å². The predicted octanol–water partition coefficient (Wildman–Crippen LogP) is 4.21. The Morgan fingerprint density at radius 2 is 1.96 bits per heavy atom. The van der Waals surface area contributed by atoms with E-state index in [1.54, 1.807) is 12.1 Å². The van der Waals surface area contributed by atoms with E-state index in [0.29, 0.717) is 5.75 Å². The maximum atomic E-state index is 12.8. The van der Waals surface area contributed by atoms with Crippen LogP contribution in [0.3, 0.4) is 0 Å². The molecule has 124 valence electrons. The number of hydrogen-bond donors (Lipinski definition) is 1. The average Bonchev–Trinajstić information content (AvgIpc) is 2.99. The minimum absolute atomic E-state index is 0.119. The van der Waals surface area contributed by atoms with Gasteiger partial charge in [-0.2, -0.15) is 0 Å². The lowest BCUT2D eigenvalue weighted by Crippen LogP contribution is -2.15. The molecule has 1 amide bonds. The van der Waals surface area contributed by atoms with E-state index < -0.39 is 0 Å². The molecule has 0 bridgehead atoms. The summed E-state index contributed by atoms with van der Waals surface area (Å²) in [5.74, 6) is 0.116. The molecule has 2 aromatic carbocycles. The molecule has 0 saturated heterocycles. The largest absolute Gasteiger partial charge is 0.493 e. The molecule has 0 unspecified atom stereocenters. The highest BCUT2D eigenvalue weighted by Crippen LogP contribution is 2.20. The van der Waals surface area contributed by atoms with Crippen molar-refractivity contribution in [1.29, 1.82) is 0 Å². The lowest BCUT2D eigenvalue weighted by molar-refractivity contribution is -0.116. The molecular formula is C19H19FN2O2. The zero-order valence-corrected chi connectivity index (χ0v) is 13.5. The number of ether oxygens (including phenoxy) is 1. The lowest BCUT2D eigenvalue weighted by Gasteiger charge is -2.08. The highest BCUT2D eigenvalue weighted by atomic mass is 19.1. The normalized spacial score (nSPS) is 10.8. The Bertz CT molecular complexity index is 840. The molecule has 3 rings (SSSR count). The smallest absolute Gasteiger partial charge is 0.227 e. The van der Waals surface area contributed by atoms with E-state index in [1.165, 1.54) is 12.1 Å². The van der Waals surface area contributed by atoms with Crippen LogP contribution < -0.4 is 10.1 Å². The molecule has 0 aliphatic rings. The molecule has 4 nitrogen and oxygen atoms in total. The van der Waals surface area contributed by atoms with Crippen LogP contribution in [0.2, 0.25) is 0 Å². The van der Waals surface area contributed by atoms with Crippen LogP contribution in [-0.2, 0) is 11.3 Å². The van der Waals surface area contributed by atoms with Crippen molar-refractivity contribution in [3.05, 3.63) is 60.5 Å². The minimum atomic E-state index is -0.313. The van der Waals surface area contributed by atoms with Gasteiger partial charge < -0.3 is 14.6 Å². The van der Waals surface area contributed by atoms with Crippen molar-refractivity contribution in [2.24, 2.45) is 0 Å². The van der Waals surface area contributed by atoms with Gasteiger partial charge in [-0.05, 0) is 55.5 Å². The van der Waals surface area contributed by atoms with E-state index in [0.717, 1.165) is 23.1 Å². The molecule has 1 aromatic heterocycles. The fourth-order valence-electron chi connectivity index (χ4n) is 2.57. The number of rotatable bonds is 6. The first-order valence-corrected chi connectivity index (χ1v) is 7.93. The molecule has 3 aromatic rings. The summed E-state index contributed by atoms with van der Waals surface area (Å²) in [4.78, 5) is 12.0. The van der Waals surface area contributed by atoms with E-state index in [1.807, 2.05) is 30.5 Å². The Labute approximate surface area is 139 Å². The summed E-state index contributed by atoms with van der Waals surface area (Å²) in [6, 6.07) is 13.6. The topological polar surface area (TPSA) is 43.3 Å². The summed E-state index contributed by atoms with van der Waals surface area (Å²) < 4.78 is 20.4. The summed E-state index contributed by atoms with van der Waals surface area (Å²) in [5, 5.41) is 3.96. The van der Waals surface area contributed by atoms with Crippen molar-refractivity contribution in [3.63, 3.8) is 0 Å². The Kier molecular flexibility index (Phi) is 4.79. The predicted molar refractivity (Wildman–Crippen MR) is 92.8 cm³/mol. The third kappa shape index (κ3) is 3.74. The van der Waals surface area contributed by atoms with Crippen molar-refractivity contribution >= 4 is 22.5 Å². The van der Waals surface area contributed by atoms with Gasteiger partial charge in [-0.1, -0.05) is 0 Å². The molecule has 1 heterocycles. The number of benzene rings is 2. The summed E-state index contributed by atoms with van der Waals surface area (Å²) in [6.07, 6.45) is 2.26. The third-order valence-electron chi connectivity index (χ3n) is 3.81. The number of fused-ring (bicyclic) bond motifs is 1. The highest BCUT2D eigenvalue weighted by Gasteiger charge is 2.06. The van der Waals surface area contributed by atoms with E-state index in [2.05, 4.69) is 16.8 Å². The average molecular weight is 326 g/mol. The second kappa shape index (κ2) is 7.17. The van der Waals surface area contributed by atoms with Gasteiger partial charge in [-0.3, -0.25) is 4.79 Å². The Hall–Kier alpha value is -2.82. The molecule has 5 heteroatoms. The van der Waals surface area contributed by atoms with Gasteiger partial charge in [0.2, 0.25) is 5.91 Å². The summed E-state index contributed by atoms with van der Waals surface area (Å²) in [5.41, 5.74) is 1.92. The van der Waals surface area contributed by atoms with Crippen molar-refractivity contribution in [3.8, 4) is 5.75 Å². The van der Waals surface area contributed by atoms with Gasteiger partial charge in [0.05, 0.1) is 13.0 Å². The van der Waals surface area contributed by atoms with Crippen LogP contribution in [-0.4, -0.2) is 17.1 Å². The van der Waals surface area contributed by atoms with Crippen LogP contribution in [0, 0.1) is 5.82 Å². The lowest BCUT2D eigenvalue weighted by atomic mass is 10.2. The summed E-state index contributed by atoms with van der Waals surface area (Å²) in [6.45, 7) is 3.25.